The highest BCUT2D eigenvalue weighted by Crippen LogP contribution is 2.23. The van der Waals surface area contributed by atoms with Gasteiger partial charge in [0, 0.05) is 17.8 Å². The molecule has 0 aromatic heterocycles. The zero-order valence-electron chi connectivity index (χ0n) is 9.82. The van der Waals surface area contributed by atoms with E-state index in [4.69, 9.17) is 0 Å². The fourth-order valence-electron chi connectivity index (χ4n) is 1.48. The van der Waals surface area contributed by atoms with E-state index in [1.807, 2.05) is 4.90 Å². The van der Waals surface area contributed by atoms with Crippen LogP contribution in [0.15, 0.2) is 0 Å². The van der Waals surface area contributed by atoms with E-state index in [0.29, 0.717) is 18.8 Å². The highest BCUT2D eigenvalue weighted by molar-refractivity contribution is 8.01. The zero-order valence-corrected chi connectivity index (χ0v) is 10.6. The standard InChI is InChI=1S/C11H21NO2S/c1-11(2,3)15-8-10(14)12-6-4-9(13)5-7-12/h9,13H,4-8H2,1-3H3. The van der Waals surface area contributed by atoms with Gasteiger partial charge in [-0.15, -0.1) is 11.8 Å². The maximum atomic E-state index is 11.8. The second kappa shape index (κ2) is 5.21. The minimum Gasteiger partial charge on any atom is -0.393 e. The summed E-state index contributed by atoms with van der Waals surface area (Å²) < 4.78 is 0.144. The van der Waals surface area contributed by atoms with Gasteiger partial charge in [-0.1, -0.05) is 20.8 Å². The maximum Gasteiger partial charge on any atom is 0.232 e. The summed E-state index contributed by atoms with van der Waals surface area (Å²) >= 11 is 1.68. The van der Waals surface area contributed by atoms with Crippen LogP contribution in [-0.2, 0) is 4.79 Å². The van der Waals surface area contributed by atoms with Crippen LogP contribution in [0.25, 0.3) is 0 Å². The second-order valence-corrected chi connectivity index (χ2v) is 6.82. The van der Waals surface area contributed by atoms with E-state index in [1.165, 1.54) is 0 Å². The van der Waals surface area contributed by atoms with E-state index < -0.39 is 0 Å². The van der Waals surface area contributed by atoms with E-state index in [2.05, 4.69) is 20.8 Å². The number of piperidine rings is 1. The third kappa shape index (κ3) is 4.89. The molecule has 4 heteroatoms. The molecule has 0 aromatic rings. The van der Waals surface area contributed by atoms with Crippen LogP contribution >= 0.6 is 11.8 Å². The molecule has 0 spiro atoms. The summed E-state index contributed by atoms with van der Waals surface area (Å²) in [4.78, 5) is 13.6. The topological polar surface area (TPSA) is 40.5 Å². The summed E-state index contributed by atoms with van der Waals surface area (Å²) in [5.74, 6) is 0.765. The number of thioether (sulfide) groups is 1. The van der Waals surface area contributed by atoms with Crippen molar-refractivity contribution in [2.75, 3.05) is 18.8 Å². The van der Waals surface area contributed by atoms with Gasteiger partial charge in [-0.25, -0.2) is 0 Å². The van der Waals surface area contributed by atoms with Crippen molar-refractivity contribution in [2.24, 2.45) is 0 Å². The molecule has 1 N–H and O–H groups in total. The number of amides is 1. The van der Waals surface area contributed by atoms with Gasteiger partial charge in [0.15, 0.2) is 0 Å². The number of hydrogen-bond donors (Lipinski definition) is 1. The lowest BCUT2D eigenvalue weighted by molar-refractivity contribution is -0.130. The van der Waals surface area contributed by atoms with E-state index in [1.54, 1.807) is 11.8 Å². The Kier molecular flexibility index (Phi) is 4.46. The van der Waals surface area contributed by atoms with Crippen LogP contribution in [-0.4, -0.2) is 45.6 Å². The Morgan fingerprint density at radius 1 is 1.40 bits per heavy atom. The number of aliphatic hydroxyl groups is 1. The van der Waals surface area contributed by atoms with Gasteiger partial charge in [-0.3, -0.25) is 4.79 Å². The monoisotopic (exact) mass is 231 g/mol. The quantitative estimate of drug-likeness (QED) is 0.783. The molecule has 1 aliphatic heterocycles. The van der Waals surface area contributed by atoms with Crippen LogP contribution in [0.3, 0.4) is 0 Å². The van der Waals surface area contributed by atoms with Crippen molar-refractivity contribution in [1.29, 1.82) is 0 Å². The largest absolute Gasteiger partial charge is 0.393 e. The first-order valence-electron chi connectivity index (χ1n) is 5.48. The van der Waals surface area contributed by atoms with E-state index in [-0.39, 0.29) is 16.8 Å². The van der Waals surface area contributed by atoms with Crippen molar-refractivity contribution in [3.63, 3.8) is 0 Å². The van der Waals surface area contributed by atoms with Crippen molar-refractivity contribution in [3.05, 3.63) is 0 Å². The molecule has 1 fully saturated rings. The lowest BCUT2D eigenvalue weighted by Gasteiger charge is -2.30. The smallest absolute Gasteiger partial charge is 0.232 e. The minimum atomic E-state index is -0.204. The van der Waals surface area contributed by atoms with Gasteiger partial charge in [-0.05, 0) is 12.8 Å². The summed E-state index contributed by atoms with van der Waals surface area (Å²) in [6, 6.07) is 0. The van der Waals surface area contributed by atoms with Crippen molar-refractivity contribution < 1.29 is 9.90 Å². The van der Waals surface area contributed by atoms with Crippen molar-refractivity contribution in [3.8, 4) is 0 Å². The molecule has 0 aliphatic carbocycles. The number of aliphatic hydroxyl groups excluding tert-OH is 1. The Bertz CT molecular complexity index is 217. The van der Waals surface area contributed by atoms with Crippen LogP contribution in [0.2, 0.25) is 0 Å². The molecular weight excluding hydrogens is 210 g/mol. The third-order valence-electron chi connectivity index (χ3n) is 2.45. The third-order valence-corrected chi connectivity index (χ3v) is 3.70. The molecule has 0 saturated carbocycles. The first-order chi connectivity index (χ1) is 6.88. The van der Waals surface area contributed by atoms with Gasteiger partial charge in [0.2, 0.25) is 5.91 Å². The summed E-state index contributed by atoms with van der Waals surface area (Å²) in [5, 5.41) is 9.32. The van der Waals surface area contributed by atoms with Crippen molar-refractivity contribution in [2.45, 2.75) is 44.5 Å². The van der Waals surface area contributed by atoms with Crippen molar-refractivity contribution >= 4 is 17.7 Å². The second-order valence-electron chi connectivity index (χ2n) is 5.01. The number of carbonyl (C=O) groups is 1. The summed E-state index contributed by atoms with van der Waals surface area (Å²) in [5.41, 5.74) is 0. The normalized spacial score (nSPS) is 19.3. The molecule has 0 aromatic carbocycles. The molecule has 15 heavy (non-hydrogen) atoms. The maximum absolute atomic E-state index is 11.8. The lowest BCUT2D eigenvalue weighted by Crippen LogP contribution is -2.41. The van der Waals surface area contributed by atoms with Crippen LogP contribution < -0.4 is 0 Å². The highest BCUT2D eigenvalue weighted by Gasteiger charge is 2.22. The zero-order chi connectivity index (χ0) is 11.5. The summed E-state index contributed by atoms with van der Waals surface area (Å²) in [7, 11) is 0. The van der Waals surface area contributed by atoms with Crippen LogP contribution in [0.4, 0.5) is 0 Å². The fourth-order valence-corrected chi connectivity index (χ4v) is 2.22. The Morgan fingerprint density at radius 3 is 2.40 bits per heavy atom. The van der Waals surface area contributed by atoms with Gasteiger partial charge in [0.1, 0.15) is 0 Å². The Balaban J connectivity index is 2.29. The molecule has 0 unspecified atom stereocenters. The molecule has 1 saturated heterocycles. The van der Waals surface area contributed by atoms with Gasteiger partial charge < -0.3 is 10.0 Å². The fraction of sp³-hybridized carbons (Fsp3) is 0.909. The van der Waals surface area contributed by atoms with E-state index in [0.717, 1.165) is 12.8 Å². The number of hydrogen-bond acceptors (Lipinski definition) is 3. The molecule has 1 heterocycles. The van der Waals surface area contributed by atoms with Crippen LogP contribution in [0.1, 0.15) is 33.6 Å². The molecule has 3 nitrogen and oxygen atoms in total. The molecule has 1 aliphatic rings. The first kappa shape index (κ1) is 12.8. The SMILES string of the molecule is CC(C)(C)SCC(=O)N1CCC(O)CC1. The van der Waals surface area contributed by atoms with Gasteiger partial charge in [0.05, 0.1) is 11.9 Å². The Labute approximate surface area is 96.2 Å². The Morgan fingerprint density at radius 2 is 1.93 bits per heavy atom. The average molecular weight is 231 g/mol. The minimum absolute atomic E-state index is 0.144. The molecule has 1 rings (SSSR count). The molecular formula is C11H21NO2S. The Hall–Kier alpha value is -0.220. The predicted octanol–water partition coefficient (Wildman–Crippen LogP) is 1.50. The first-order valence-corrected chi connectivity index (χ1v) is 6.47. The van der Waals surface area contributed by atoms with Gasteiger partial charge in [0.25, 0.3) is 0 Å². The lowest BCUT2D eigenvalue weighted by atomic mass is 10.1. The summed E-state index contributed by atoms with van der Waals surface area (Å²) in [6.07, 6.45) is 1.25. The highest BCUT2D eigenvalue weighted by atomic mass is 32.2. The molecule has 1 amide bonds. The van der Waals surface area contributed by atoms with E-state index in [9.17, 15) is 9.90 Å². The summed E-state index contributed by atoms with van der Waals surface area (Å²) in [6.45, 7) is 7.77. The molecule has 88 valence electrons. The van der Waals surface area contributed by atoms with Crippen LogP contribution in [0, 0.1) is 0 Å². The molecule has 0 bridgehead atoms. The van der Waals surface area contributed by atoms with Gasteiger partial charge in [-0.2, -0.15) is 0 Å². The van der Waals surface area contributed by atoms with E-state index >= 15 is 0 Å². The predicted molar refractivity (Wildman–Crippen MR) is 64.0 cm³/mol. The average Bonchev–Trinajstić information content (AvgIpc) is 2.14. The van der Waals surface area contributed by atoms with Crippen molar-refractivity contribution in [1.82, 2.24) is 4.90 Å². The number of likely N-dealkylation sites (tertiary alicyclic amines) is 1. The number of nitrogens with zero attached hydrogens (tertiary/aromatic N) is 1. The van der Waals surface area contributed by atoms with Gasteiger partial charge >= 0.3 is 0 Å². The van der Waals surface area contributed by atoms with Crippen LogP contribution in [0.5, 0.6) is 0 Å². The number of carbonyl (C=O) groups excluding carboxylic acids is 1. The number of rotatable bonds is 2. The molecule has 0 radical (unpaired) electrons. The molecule has 0 atom stereocenters.